The van der Waals surface area contributed by atoms with Crippen LogP contribution in [0.2, 0.25) is 0 Å². The van der Waals surface area contributed by atoms with Gasteiger partial charge in [-0.25, -0.2) is 0 Å². The third-order valence-corrected chi connectivity index (χ3v) is 13.2. The summed E-state index contributed by atoms with van der Waals surface area (Å²) in [5.74, 6) is -0.842. The number of nitrogens with one attached hydrogen (secondary N) is 1. The molecular formula is C66H67NO4S. The molecule has 9 rings (SSSR count). The first-order valence-electron chi connectivity index (χ1n) is 24.6. The van der Waals surface area contributed by atoms with Gasteiger partial charge in [0, 0.05) is 28.1 Å². The number of hydrogen-bond acceptors (Lipinski definition) is 6. The van der Waals surface area contributed by atoms with Crippen LogP contribution < -0.4 is 5.32 Å². The number of anilines is 1. The minimum absolute atomic E-state index is 0.0438. The second-order valence-corrected chi connectivity index (χ2v) is 17.9. The summed E-state index contributed by atoms with van der Waals surface area (Å²) >= 11 is 1.70. The molecule has 0 saturated carbocycles. The maximum atomic E-state index is 11.7. The molecule has 6 heteroatoms. The van der Waals surface area contributed by atoms with Crippen LogP contribution in [0.15, 0.2) is 229 Å². The van der Waals surface area contributed by atoms with Gasteiger partial charge < -0.3 is 25.7 Å². The smallest absolute Gasteiger partial charge is 0.161 e. The molecule has 0 aromatic heterocycles. The molecule has 0 fully saturated rings. The van der Waals surface area contributed by atoms with E-state index >= 15 is 0 Å². The van der Waals surface area contributed by atoms with Gasteiger partial charge in [-0.05, 0) is 135 Å². The maximum Gasteiger partial charge on any atom is 0.161 e. The largest absolute Gasteiger partial charge is 0.508 e. The Morgan fingerprint density at radius 2 is 1.19 bits per heavy atom. The van der Waals surface area contributed by atoms with Crippen LogP contribution in [0.5, 0.6) is 5.75 Å². The summed E-state index contributed by atoms with van der Waals surface area (Å²) < 4.78 is 0. The first-order chi connectivity index (χ1) is 35.2. The van der Waals surface area contributed by atoms with Crippen LogP contribution in [0, 0.1) is 6.92 Å². The average Bonchev–Trinajstić information content (AvgIpc) is 3.44. The fourth-order valence-corrected chi connectivity index (χ4v) is 9.07. The van der Waals surface area contributed by atoms with Crippen molar-refractivity contribution < 1.29 is 20.4 Å². The summed E-state index contributed by atoms with van der Waals surface area (Å²) in [4.78, 5) is 1.19. The SMILES string of the molecule is C/C=C\C(=C(\C)SC)c1ccc(/C(O)=C(/O)C(CC)c2c(O)c3ccccc3c3ccccc23)cc1-c1ccccc1.CC.Cc1ccccc1.OC/C=C/Nc1ccc(-c2ccc3ccccc3c2)cc1. The van der Waals surface area contributed by atoms with E-state index in [1.807, 2.05) is 149 Å². The van der Waals surface area contributed by atoms with Crippen LogP contribution in [0.4, 0.5) is 5.69 Å². The van der Waals surface area contributed by atoms with Crippen molar-refractivity contribution in [2.45, 2.75) is 53.9 Å². The number of aryl methyl sites for hydroxylation is 1. The molecule has 0 aliphatic rings. The number of thioether (sulfide) groups is 1. The van der Waals surface area contributed by atoms with Crippen molar-refractivity contribution in [1.82, 2.24) is 0 Å². The van der Waals surface area contributed by atoms with Crippen LogP contribution in [-0.4, -0.2) is 33.3 Å². The topological polar surface area (TPSA) is 93.0 Å². The van der Waals surface area contributed by atoms with Crippen molar-refractivity contribution in [2.24, 2.45) is 0 Å². The van der Waals surface area contributed by atoms with Gasteiger partial charge in [0.25, 0.3) is 0 Å². The van der Waals surface area contributed by atoms with Crippen molar-refractivity contribution in [1.29, 1.82) is 0 Å². The average molecular weight is 970 g/mol. The van der Waals surface area contributed by atoms with Crippen molar-refractivity contribution in [3.63, 3.8) is 0 Å². The highest BCUT2D eigenvalue weighted by Crippen LogP contribution is 2.45. The predicted octanol–water partition coefficient (Wildman–Crippen LogP) is 18.5. The molecule has 0 saturated heterocycles. The summed E-state index contributed by atoms with van der Waals surface area (Å²) in [5, 5.41) is 52.7. The van der Waals surface area contributed by atoms with E-state index in [2.05, 4.69) is 110 Å². The molecule has 5 nitrogen and oxygen atoms in total. The molecule has 0 aliphatic heterocycles. The van der Waals surface area contributed by atoms with Gasteiger partial charge in [-0.2, -0.15) is 0 Å². The zero-order valence-corrected chi connectivity index (χ0v) is 43.3. The third kappa shape index (κ3) is 13.1. The highest BCUT2D eigenvalue weighted by atomic mass is 32.2. The first-order valence-corrected chi connectivity index (χ1v) is 25.8. The summed E-state index contributed by atoms with van der Waals surface area (Å²) in [6, 6.07) is 65.0. The van der Waals surface area contributed by atoms with E-state index in [0.29, 0.717) is 17.5 Å². The molecule has 366 valence electrons. The van der Waals surface area contributed by atoms with Crippen LogP contribution in [0.25, 0.3) is 65.9 Å². The number of aliphatic hydroxyl groups is 3. The highest BCUT2D eigenvalue weighted by molar-refractivity contribution is 8.02. The molecule has 1 atom stereocenters. The standard InChI is InChI=1S/C38H36O3S.C19H17NO.C7H8.C2H6/c1-5-14-28(24(3)42-4)31-22-21-26(23-34(31)25-15-8-7-9-16-25)36(39)38(41)27(6-2)35-32-19-12-10-17-29(32)30-18-11-13-20-33(30)37(35)40;21-13-3-12-20-19-10-8-16(9-11-19)18-7-6-15-4-1-2-5-17(15)14-18;1-7-5-3-2-4-6-7;1-2/h5,7-23,27,39-41H,6H2,1-4H3;1-12,14,20-21H,13H2;2-6H,1H3;1-2H3/b14-5-,28-24+,38-36-;12-3+;;. The Kier molecular flexibility index (Phi) is 20.1. The van der Waals surface area contributed by atoms with Crippen LogP contribution in [0.3, 0.4) is 0 Å². The Morgan fingerprint density at radius 3 is 1.79 bits per heavy atom. The van der Waals surface area contributed by atoms with E-state index in [1.165, 1.54) is 32.4 Å². The molecule has 0 amide bonds. The molecule has 1 unspecified atom stereocenters. The van der Waals surface area contributed by atoms with Crippen LogP contribution >= 0.6 is 11.8 Å². The van der Waals surface area contributed by atoms with Crippen LogP contribution in [0.1, 0.15) is 69.2 Å². The van der Waals surface area contributed by atoms with E-state index in [1.54, 1.807) is 24.0 Å². The quantitative estimate of drug-likeness (QED) is 0.0476. The van der Waals surface area contributed by atoms with Gasteiger partial charge in [-0.15, -0.1) is 11.8 Å². The Morgan fingerprint density at radius 1 is 0.625 bits per heavy atom. The molecule has 9 aromatic rings. The lowest BCUT2D eigenvalue weighted by atomic mass is 9.85. The van der Waals surface area contributed by atoms with Gasteiger partial charge in [-0.1, -0.05) is 208 Å². The van der Waals surface area contributed by atoms with Crippen molar-refractivity contribution in [2.75, 3.05) is 18.2 Å². The number of benzene rings is 9. The fourth-order valence-electron chi connectivity index (χ4n) is 8.68. The molecule has 0 spiro atoms. The minimum atomic E-state index is -0.614. The number of rotatable bonds is 12. The molecule has 5 N–H and O–H groups in total. The van der Waals surface area contributed by atoms with Gasteiger partial charge in [-0.3, -0.25) is 0 Å². The number of phenols is 1. The monoisotopic (exact) mass is 969 g/mol. The van der Waals surface area contributed by atoms with Gasteiger partial charge >= 0.3 is 0 Å². The molecular weight excluding hydrogens is 903 g/mol. The fraction of sp³-hybridized carbons (Fsp3) is 0.152. The van der Waals surface area contributed by atoms with Gasteiger partial charge in [0.1, 0.15) is 11.5 Å². The Hall–Kier alpha value is -7.77. The molecule has 0 aliphatic carbocycles. The Balaban J connectivity index is 0.000000232. The Labute approximate surface area is 430 Å². The number of phenolic OH excluding ortho intramolecular Hbond substituents is 1. The molecule has 0 bridgehead atoms. The number of hydrogen-bond donors (Lipinski definition) is 5. The molecule has 9 aromatic carbocycles. The normalized spacial score (nSPS) is 12.2. The van der Waals surface area contributed by atoms with Crippen molar-refractivity contribution >= 4 is 61.1 Å². The second kappa shape index (κ2) is 27.0. The Bertz CT molecular complexity index is 3300. The maximum absolute atomic E-state index is 11.7. The lowest BCUT2D eigenvalue weighted by molar-refractivity contribution is 0.337. The number of fused-ring (bicyclic) bond motifs is 4. The highest BCUT2D eigenvalue weighted by Gasteiger charge is 2.27. The van der Waals surface area contributed by atoms with E-state index in [4.69, 9.17) is 5.11 Å². The summed E-state index contributed by atoms with van der Waals surface area (Å²) in [7, 11) is 0. The van der Waals surface area contributed by atoms with Gasteiger partial charge in [0.15, 0.2) is 5.76 Å². The lowest BCUT2D eigenvalue weighted by Crippen LogP contribution is -2.06. The second-order valence-electron chi connectivity index (χ2n) is 16.9. The zero-order valence-electron chi connectivity index (χ0n) is 42.5. The number of allylic oxidation sites excluding steroid dienone is 5. The summed E-state index contributed by atoms with van der Waals surface area (Å²) in [5.41, 5.74) is 10.00. The van der Waals surface area contributed by atoms with E-state index in [9.17, 15) is 15.3 Å². The predicted molar refractivity (Wildman–Crippen MR) is 313 cm³/mol. The zero-order chi connectivity index (χ0) is 51.4. The van der Waals surface area contributed by atoms with Crippen molar-refractivity contribution in [3.05, 3.63) is 251 Å². The van der Waals surface area contributed by atoms with E-state index in [-0.39, 0.29) is 23.9 Å². The summed E-state index contributed by atoms with van der Waals surface area (Å²) in [6.45, 7) is 12.2. The summed E-state index contributed by atoms with van der Waals surface area (Å²) in [6.07, 6.45) is 10.1. The lowest BCUT2D eigenvalue weighted by Gasteiger charge is -2.22. The third-order valence-electron chi connectivity index (χ3n) is 12.3. The van der Waals surface area contributed by atoms with Gasteiger partial charge in [0.2, 0.25) is 0 Å². The van der Waals surface area contributed by atoms with Gasteiger partial charge in [0.05, 0.1) is 6.61 Å². The molecule has 72 heavy (non-hydrogen) atoms. The first kappa shape index (κ1) is 53.6. The van der Waals surface area contributed by atoms with E-state index in [0.717, 1.165) is 49.5 Å². The number of aromatic hydroxyl groups is 1. The van der Waals surface area contributed by atoms with E-state index < -0.39 is 5.92 Å². The van der Waals surface area contributed by atoms with Crippen LogP contribution in [-0.2, 0) is 0 Å². The molecule has 0 heterocycles. The number of aliphatic hydroxyl groups excluding tert-OH is 3. The molecule has 0 radical (unpaired) electrons. The minimum Gasteiger partial charge on any atom is -0.508 e. The van der Waals surface area contributed by atoms with Crippen molar-refractivity contribution in [3.8, 4) is 28.0 Å².